The summed E-state index contributed by atoms with van der Waals surface area (Å²) >= 11 is 0. The molecule has 2 aromatic rings. The Balaban J connectivity index is 1.99. The Morgan fingerprint density at radius 2 is 1.67 bits per heavy atom. The zero-order valence-corrected chi connectivity index (χ0v) is 15.1. The SMILES string of the molecule is CCOC(=O)[C@@H](NC(=O)OCc1ccccc1)C(O)/C=C/c1ccccc1. The van der Waals surface area contributed by atoms with Crippen molar-refractivity contribution in [2.75, 3.05) is 6.61 Å². The second-order valence-electron chi connectivity index (χ2n) is 5.70. The maximum absolute atomic E-state index is 12.1. The van der Waals surface area contributed by atoms with Crippen LogP contribution in [-0.2, 0) is 20.9 Å². The fourth-order valence-electron chi connectivity index (χ4n) is 2.29. The Morgan fingerprint density at radius 3 is 2.30 bits per heavy atom. The second-order valence-corrected chi connectivity index (χ2v) is 5.70. The van der Waals surface area contributed by atoms with Crippen LogP contribution in [0.15, 0.2) is 66.7 Å². The molecule has 142 valence electrons. The van der Waals surface area contributed by atoms with Crippen molar-refractivity contribution in [3.63, 3.8) is 0 Å². The van der Waals surface area contributed by atoms with E-state index in [4.69, 9.17) is 9.47 Å². The third kappa shape index (κ3) is 6.95. The fraction of sp³-hybridized carbons (Fsp3) is 0.238. The molecule has 2 aromatic carbocycles. The number of aliphatic hydroxyl groups excluding tert-OH is 1. The quantitative estimate of drug-likeness (QED) is 0.699. The van der Waals surface area contributed by atoms with E-state index < -0.39 is 24.2 Å². The molecule has 1 unspecified atom stereocenters. The largest absolute Gasteiger partial charge is 0.464 e. The van der Waals surface area contributed by atoms with Gasteiger partial charge in [0.1, 0.15) is 12.7 Å². The van der Waals surface area contributed by atoms with Crippen LogP contribution < -0.4 is 5.32 Å². The van der Waals surface area contributed by atoms with E-state index in [2.05, 4.69) is 5.32 Å². The highest BCUT2D eigenvalue weighted by atomic mass is 16.6. The molecule has 0 aromatic heterocycles. The lowest BCUT2D eigenvalue weighted by Gasteiger charge is -2.20. The van der Waals surface area contributed by atoms with Gasteiger partial charge >= 0.3 is 12.1 Å². The minimum absolute atomic E-state index is 0.0537. The molecule has 6 nitrogen and oxygen atoms in total. The van der Waals surface area contributed by atoms with Gasteiger partial charge in [0.25, 0.3) is 0 Å². The lowest BCUT2D eigenvalue weighted by molar-refractivity contribution is -0.147. The number of carbonyl (C=O) groups is 2. The standard InChI is InChI=1S/C21H23NO5/c1-2-26-20(24)19(18(23)14-13-16-9-5-3-6-10-16)22-21(25)27-15-17-11-7-4-8-12-17/h3-14,18-19,23H,2,15H2,1H3,(H,22,25)/b14-13+/t18?,19-/m0/s1. The average molecular weight is 369 g/mol. The monoisotopic (exact) mass is 369 g/mol. The Bertz CT molecular complexity index is 746. The van der Waals surface area contributed by atoms with Crippen LogP contribution in [0.5, 0.6) is 0 Å². The van der Waals surface area contributed by atoms with Crippen LogP contribution in [0, 0.1) is 0 Å². The van der Waals surface area contributed by atoms with E-state index in [1.54, 1.807) is 13.0 Å². The number of carbonyl (C=O) groups excluding carboxylic acids is 2. The molecule has 0 aliphatic heterocycles. The molecule has 0 saturated carbocycles. The molecule has 2 rings (SSSR count). The predicted molar refractivity (Wildman–Crippen MR) is 102 cm³/mol. The molecule has 0 aliphatic rings. The third-order valence-electron chi connectivity index (χ3n) is 3.65. The van der Waals surface area contributed by atoms with Gasteiger partial charge in [0.2, 0.25) is 0 Å². The van der Waals surface area contributed by atoms with Crippen LogP contribution in [0.25, 0.3) is 6.08 Å². The van der Waals surface area contributed by atoms with Gasteiger partial charge in [-0.25, -0.2) is 9.59 Å². The first-order valence-corrected chi connectivity index (χ1v) is 8.65. The molecule has 6 heteroatoms. The zero-order valence-electron chi connectivity index (χ0n) is 15.1. The number of ether oxygens (including phenoxy) is 2. The number of nitrogens with one attached hydrogen (secondary N) is 1. The van der Waals surface area contributed by atoms with Crippen LogP contribution in [0.2, 0.25) is 0 Å². The van der Waals surface area contributed by atoms with E-state index in [9.17, 15) is 14.7 Å². The van der Waals surface area contributed by atoms with Gasteiger partial charge in [0.15, 0.2) is 6.04 Å². The Hall–Kier alpha value is -3.12. The highest BCUT2D eigenvalue weighted by Gasteiger charge is 2.29. The Kier molecular flexibility index (Phi) is 8.06. The molecule has 2 atom stereocenters. The minimum Gasteiger partial charge on any atom is -0.464 e. The van der Waals surface area contributed by atoms with Crippen LogP contribution in [-0.4, -0.2) is 35.9 Å². The number of benzene rings is 2. The number of amides is 1. The fourth-order valence-corrected chi connectivity index (χ4v) is 2.29. The van der Waals surface area contributed by atoms with Crippen LogP contribution in [0.4, 0.5) is 4.79 Å². The van der Waals surface area contributed by atoms with Gasteiger partial charge in [-0.15, -0.1) is 0 Å². The first kappa shape index (κ1) is 20.2. The summed E-state index contributed by atoms with van der Waals surface area (Å²) in [5, 5.41) is 12.7. The van der Waals surface area contributed by atoms with E-state index in [1.807, 2.05) is 60.7 Å². The molecule has 0 fully saturated rings. The maximum atomic E-state index is 12.1. The highest BCUT2D eigenvalue weighted by molar-refractivity contribution is 5.82. The smallest absolute Gasteiger partial charge is 0.408 e. The highest BCUT2D eigenvalue weighted by Crippen LogP contribution is 2.07. The predicted octanol–water partition coefficient (Wildman–Crippen LogP) is 2.92. The van der Waals surface area contributed by atoms with E-state index >= 15 is 0 Å². The summed E-state index contributed by atoms with van der Waals surface area (Å²) in [6, 6.07) is 17.2. The van der Waals surface area contributed by atoms with Crippen molar-refractivity contribution >= 4 is 18.1 Å². The summed E-state index contributed by atoms with van der Waals surface area (Å²) in [5.41, 5.74) is 1.66. The molecule has 0 spiro atoms. The van der Waals surface area contributed by atoms with Crippen molar-refractivity contribution in [1.82, 2.24) is 5.32 Å². The number of rotatable bonds is 8. The number of esters is 1. The van der Waals surface area contributed by atoms with Crippen molar-refractivity contribution in [3.8, 4) is 0 Å². The third-order valence-corrected chi connectivity index (χ3v) is 3.65. The van der Waals surface area contributed by atoms with E-state index in [1.165, 1.54) is 6.08 Å². The van der Waals surface area contributed by atoms with Crippen molar-refractivity contribution in [2.24, 2.45) is 0 Å². The Morgan fingerprint density at radius 1 is 1.04 bits per heavy atom. The van der Waals surface area contributed by atoms with Crippen LogP contribution >= 0.6 is 0 Å². The summed E-state index contributed by atoms with van der Waals surface area (Å²) in [6.07, 6.45) is 1.00. The Labute approximate surface area is 158 Å². The van der Waals surface area contributed by atoms with Crippen molar-refractivity contribution in [3.05, 3.63) is 77.9 Å². The molecular weight excluding hydrogens is 346 g/mol. The minimum atomic E-state index is -1.27. The number of hydrogen-bond acceptors (Lipinski definition) is 5. The topological polar surface area (TPSA) is 84.9 Å². The summed E-state index contributed by atoms with van der Waals surface area (Å²) in [4.78, 5) is 24.2. The lowest BCUT2D eigenvalue weighted by atomic mass is 10.1. The molecule has 0 radical (unpaired) electrons. The second kappa shape index (κ2) is 10.8. The molecule has 27 heavy (non-hydrogen) atoms. The first-order chi connectivity index (χ1) is 13.1. The van der Waals surface area contributed by atoms with E-state index in [-0.39, 0.29) is 13.2 Å². The molecule has 0 heterocycles. The van der Waals surface area contributed by atoms with Gasteiger partial charge in [-0.3, -0.25) is 0 Å². The van der Waals surface area contributed by atoms with Gasteiger partial charge < -0.3 is 19.9 Å². The zero-order chi connectivity index (χ0) is 19.5. The normalized spacial score (nSPS) is 13.0. The van der Waals surface area contributed by atoms with Crippen molar-refractivity contribution in [2.45, 2.75) is 25.7 Å². The molecule has 1 amide bonds. The number of alkyl carbamates (subject to hydrolysis) is 1. The van der Waals surface area contributed by atoms with Gasteiger partial charge in [-0.1, -0.05) is 72.8 Å². The van der Waals surface area contributed by atoms with E-state index in [0.717, 1.165) is 11.1 Å². The molecule has 0 aliphatic carbocycles. The van der Waals surface area contributed by atoms with E-state index in [0.29, 0.717) is 0 Å². The summed E-state index contributed by atoms with van der Waals surface area (Å²) in [6.45, 7) is 1.83. The van der Waals surface area contributed by atoms with Crippen LogP contribution in [0.1, 0.15) is 18.1 Å². The van der Waals surface area contributed by atoms with Crippen molar-refractivity contribution in [1.29, 1.82) is 0 Å². The molecular formula is C21H23NO5. The van der Waals surface area contributed by atoms with Crippen LogP contribution in [0.3, 0.4) is 0 Å². The van der Waals surface area contributed by atoms with Gasteiger partial charge in [0, 0.05) is 0 Å². The van der Waals surface area contributed by atoms with Gasteiger partial charge in [-0.05, 0) is 18.1 Å². The molecule has 0 bridgehead atoms. The molecule has 0 saturated heterocycles. The summed E-state index contributed by atoms with van der Waals surface area (Å²) < 4.78 is 10.0. The maximum Gasteiger partial charge on any atom is 0.408 e. The number of hydrogen-bond donors (Lipinski definition) is 2. The van der Waals surface area contributed by atoms with Crippen molar-refractivity contribution < 1.29 is 24.2 Å². The number of aliphatic hydroxyl groups is 1. The lowest BCUT2D eigenvalue weighted by Crippen LogP contribution is -2.49. The van der Waals surface area contributed by atoms with Gasteiger partial charge in [0.05, 0.1) is 6.61 Å². The summed E-state index contributed by atoms with van der Waals surface area (Å²) in [5.74, 6) is -0.737. The molecule has 2 N–H and O–H groups in total. The average Bonchev–Trinajstić information content (AvgIpc) is 2.70. The summed E-state index contributed by atoms with van der Waals surface area (Å²) in [7, 11) is 0. The first-order valence-electron chi connectivity index (χ1n) is 8.65. The van der Waals surface area contributed by atoms with Gasteiger partial charge in [-0.2, -0.15) is 0 Å².